The lowest BCUT2D eigenvalue weighted by molar-refractivity contribution is 0.116. The number of nitrogens with one attached hydrogen (secondary N) is 2. The van der Waals surface area contributed by atoms with Crippen molar-refractivity contribution in [2.45, 2.75) is 12.5 Å². The minimum atomic E-state index is -0.330. The summed E-state index contributed by atoms with van der Waals surface area (Å²) in [6, 6.07) is 8.16. The summed E-state index contributed by atoms with van der Waals surface area (Å²) in [7, 11) is 0. The summed E-state index contributed by atoms with van der Waals surface area (Å²) >= 11 is 0. The highest BCUT2D eigenvalue weighted by atomic mass is 16.5. The molecule has 0 aliphatic carbocycles. The largest absolute Gasteiger partial charge is 0.449 e. The lowest BCUT2D eigenvalue weighted by Crippen LogP contribution is -2.35. The molecule has 1 aromatic carbocycles. The minimum absolute atomic E-state index is 0.0562. The number of cyclic esters (lactones) is 1. The van der Waals surface area contributed by atoms with Gasteiger partial charge < -0.3 is 15.0 Å². The van der Waals surface area contributed by atoms with Crippen LogP contribution in [0.15, 0.2) is 30.5 Å². The van der Waals surface area contributed by atoms with Crippen LogP contribution in [-0.4, -0.2) is 17.7 Å². The Balaban J connectivity index is 2.04. The molecule has 16 heavy (non-hydrogen) atoms. The third-order valence-electron chi connectivity index (χ3n) is 2.94. The first-order valence-electron chi connectivity index (χ1n) is 5.34. The number of amides is 1. The maximum Gasteiger partial charge on any atom is 0.407 e. The van der Waals surface area contributed by atoms with E-state index in [-0.39, 0.29) is 12.1 Å². The van der Waals surface area contributed by atoms with E-state index in [1.54, 1.807) is 0 Å². The predicted octanol–water partition coefficient (Wildman–Crippen LogP) is 2.34. The van der Waals surface area contributed by atoms with Gasteiger partial charge in [0.15, 0.2) is 0 Å². The fraction of sp³-hybridized carbons (Fsp3) is 0.250. The predicted molar refractivity (Wildman–Crippen MR) is 60.1 cm³/mol. The third-order valence-corrected chi connectivity index (χ3v) is 2.94. The van der Waals surface area contributed by atoms with Gasteiger partial charge in [0.25, 0.3) is 0 Å². The van der Waals surface area contributed by atoms with Crippen molar-refractivity contribution in [3.8, 4) is 0 Å². The molecule has 2 N–H and O–H groups in total. The van der Waals surface area contributed by atoms with E-state index in [1.807, 2.05) is 30.5 Å². The van der Waals surface area contributed by atoms with Gasteiger partial charge in [0.1, 0.15) is 0 Å². The number of benzene rings is 1. The summed E-state index contributed by atoms with van der Waals surface area (Å²) in [6.07, 6.45) is 2.40. The maximum absolute atomic E-state index is 11.2. The Bertz CT molecular complexity index is 533. The molecule has 0 spiro atoms. The summed E-state index contributed by atoms with van der Waals surface area (Å²) in [5.41, 5.74) is 2.24. The fourth-order valence-electron chi connectivity index (χ4n) is 2.17. The highest BCUT2D eigenvalue weighted by Gasteiger charge is 2.22. The molecule has 1 atom stereocenters. The van der Waals surface area contributed by atoms with Gasteiger partial charge in [-0.2, -0.15) is 0 Å². The molecular formula is C12H12N2O2. The zero-order chi connectivity index (χ0) is 11.0. The highest BCUT2D eigenvalue weighted by Crippen LogP contribution is 2.27. The molecule has 0 radical (unpaired) electrons. The molecule has 1 aliphatic heterocycles. The Morgan fingerprint density at radius 1 is 1.31 bits per heavy atom. The van der Waals surface area contributed by atoms with Crippen LogP contribution >= 0.6 is 0 Å². The number of fused-ring (bicyclic) bond motifs is 1. The Hall–Kier alpha value is -1.97. The van der Waals surface area contributed by atoms with E-state index in [9.17, 15) is 4.79 Å². The van der Waals surface area contributed by atoms with Gasteiger partial charge in [-0.15, -0.1) is 0 Å². The summed E-state index contributed by atoms with van der Waals surface area (Å²) < 4.78 is 4.87. The molecule has 1 fully saturated rings. The molecule has 2 aromatic rings. The van der Waals surface area contributed by atoms with Crippen LogP contribution in [0.2, 0.25) is 0 Å². The molecule has 1 amide bonds. The molecule has 1 aromatic heterocycles. The summed E-state index contributed by atoms with van der Waals surface area (Å²) in [6.45, 7) is 0.483. The van der Waals surface area contributed by atoms with Gasteiger partial charge in [-0.25, -0.2) is 4.79 Å². The third kappa shape index (κ3) is 1.43. The lowest BCUT2D eigenvalue weighted by Gasteiger charge is -2.24. The van der Waals surface area contributed by atoms with Crippen molar-refractivity contribution < 1.29 is 9.53 Å². The molecule has 4 nitrogen and oxygen atoms in total. The number of hydrogen-bond donors (Lipinski definition) is 2. The van der Waals surface area contributed by atoms with Crippen LogP contribution in [0.1, 0.15) is 18.0 Å². The van der Waals surface area contributed by atoms with Crippen LogP contribution in [-0.2, 0) is 4.74 Å². The molecule has 1 saturated heterocycles. The summed E-state index contributed by atoms with van der Waals surface area (Å²) in [5, 5.41) is 4.00. The van der Waals surface area contributed by atoms with Gasteiger partial charge in [-0.1, -0.05) is 12.1 Å². The lowest BCUT2D eigenvalue weighted by atomic mass is 10.00. The summed E-state index contributed by atoms with van der Waals surface area (Å²) in [5.74, 6) is 0. The molecule has 2 heterocycles. The number of alkyl carbamates (subject to hydrolysis) is 1. The van der Waals surface area contributed by atoms with Crippen LogP contribution in [0.4, 0.5) is 4.79 Å². The van der Waals surface area contributed by atoms with Crippen molar-refractivity contribution in [1.29, 1.82) is 0 Å². The quantitative estimate of drug-likeness (QED) is 0.768. The van der Waals surface area contributed by atoms with Crippen LogP contribution in [0, 0.1) is 0 Å². The molecular weight excluding hydrogens is 204 g/mol. The van der Waals surface area contributed by atoms with Crippen LogP contribution in [0.5, 0.6) is 0 Å². The zero-order valence-electron chi connectivity index (χ0n) is 8.69. The van der Waals surface area contributed by atoms with E-state index in [1.165, 1.54) is 0 Å². The van der Waals surface area contributed by atoms with E-state index in [2.05, 4.69) is 10.3 Å². The molecule has 4 heteroatoms. The molecule has 0 saturated carbocycles. The van der Waals surface area contributed by atoms with E-state index < -0.39 is 0 Å². The number of H-pyrrole nitrogens is 1. The second kappa shape index (κ2) is 3.56. The van der Waals surface area contributed by atoms with Gasteiger partial charge in [0, 0.05) is 23.5 Å². The smallest absolute Gasteiger partial charge is 0.407 e. The Labute approximate surface area is 92.6 Å². The molecule has 0 unspecified atom stereocenters. The zero-order valence-corrected chi connectivity index (χ0v) is 8.69. The standard InChI is InChI=1S/C12H12N2O2/c15-12-14-11(5-7-16-12)8-2-1-3-10-9(8)4-6-13-10/h1-4,6,11,13H,5,7H2,(H,14,15)/t11-/m0/s1. The SMILES string of the molecule is O=C1N[C@H](c2cccc3[nH]ccc23)CCO1. The number of ether oxygens (including phenoxy) is 1. The van der Waals surface area contributed by atoms with Gasteiger partial charge in [-0.05, 0) is 17.7 Å². The average Bonchev–Trinajstić information content (AvgIpc) is 2.76. The molecule has 3 rings (SSSR count). The first-order chi connectivity index (χ1) is 7.84. The Kier molecular flexibility index (Phi) is 2.06. The van der Waals surface area contributed by atoms with Crippen LogP contribution in [0.3, 0.4) is 0 Å². The number of aromatic amines is 1. The van der Waals surface area contributed by atoms with E-state index in [0.717, 1.165) is 22.9 Å². The monoisotopic (exact) mass is 216 g/mol. The van der Waals surface area contributed by atoms with Crippen molar-refractivity contribution in [3.05, 3.63) is 36.0 Å². The number of aromatic nitrogens is 1. The number of carbonyl (C=O) groups is 1. The van der Waals surface area contributed by atoms with Gasteiger partial charge in [0.2, 0.25) is 0 Å². The van der Waals surface area contributed by atoms with Crippen LogP contribution < -0.4 is 5.32 Å². The minimum Gasteiger partial charge on any atom is -0.449 e. The second-order valence-corrected chi connectivity index (χ2v) is 3.91. The normalized spacial score (nSPS) is 20.5. The molecule has 82 valence electrons. The van der Waals surface area contributed by atoms with Crippen LogP contribution in [0.25, 0.3) is 10.9 Å². The van der Waals surface area contributed by atoms with E-state index >= 15 is 0 Å². The van der Waals surface area contributed by atoms with Crippen molar-refractivity contribution in [3.63, 3.8) is 0 Å². The number of carbonyl (C=O) groups excluding carboxylic acids is 1. The Morgan fingerprint density at radius 3 is 3.12 bits per heavy atom. The highest BCUT2D eigenvalue weighted by molar-refractivity contribution is 5.84. The maximum atomic E-state index is 11.2. The number of rotatable bonds is 1. The average molecular weight is 216 g/mol. The van der Waals surface area contributed by atoms with E-state index in [0.29, 0.717) is 6.61 Å². The summed E-state index contributed by atoms with van der Waals surface area (Å²) in [4.78, 5) is 14.3. The first kappa shape index (κ1) is 9.27. The molecule has 0 bridgehead atoms. The van der Waals surface area contributed by atoms with Crippen molar-refractivity contribution >= 4 is 17.0 Å². The van der Waals surface area contributed by atoms with Crippen molar-refractivity contribution in [2.75, 3.05) is 6.61 Å². The van der Waals surface area contributed by atoms with Gasteiger partial charge in [-0.3, -0.25) is 0 Å². The van der Waals surface area contributed by atoms with Gasteiger partial charge >= 0.3 is 6.09 Å². The van der Waals surface area contributed by atoms with Crippen molar-refractivity contribution in [1.82, 2.24) is 10.3 Å². The number of hydrogen-bond acceptors (Lipinski definition) is 2. The van der Waals surface area contributed by atoms with E-state index in [4.69, 9.17) is 4.74 Å². The fourth-order valence-corrected chi connectivity index (χ4v) is 2.17. The van der Waals surface area contributed by atoms with Gasteiger partial charge in [0.05, 0.1) is 12.6 Å². The Morgan fingerprint density at radius 2 is 2.25 bits per heavy atom. The van der Waals surface area contributed by atoms with Crippen molar-refractivity contribution in [2.24, 2.45) is 0 Å². The second-order valence-electron chi connectivity index (χ2n) is 3.91. The first-order valence-corrected chi connectivity index (χ1v) is 5.34. The molecule has 1 aliphatic rings. The topological polar surface area (TPSA) is 54.1 Å².